The molecule has 0 aliphatic carbocycles. The van der Waals surface area contributed by atoms with Crippen LogP contribution in [0, 0.1) is 0 Å². The molecule has 0 spiro atoms. The van der Waals surface area contributed by atoms with Gasteiger partial charge in [-0.3, -0.25) is 4.79 Å². The highest BCUT2D eigenvalue weighted by Crippen LogP contribution is 2.31. The summed E-state index contributed by atoms with van der Waals surface area (Å²) in [4.78, 5) is 27.4. The highest BCUT2D eigenvalue weighted by molar-refractivity contribution is 6.32. The van der Waals surface area contributed by atoms with Crippen molar-refractivity contribution in [2.45, 2.75) is 13.8 Å². The number of carbonyl (C=O) groups is 2. The Bertz CT molecular complexity index is 1170. The number of urea groups is 1. The molecule has 0 saturated carbocycles. The first kappa shape index (κ1) is 26.8. The number of hydrogen-bond acceptors (Lipinski definition) is 5. The topological polar surface area (TPSA) is 91.9 Å². The fourth-order valence-electron chi connectivity index (χ4n) is 3.49. The molecule has 0 unspecified atom stereocenters. The molecule has 8 nitrogen and oxygen atoms in total. The molecule has 0 radical (unpaired) electrons. The number of carbonyl (C=O) groups excluding carboxylic acids is 2. The predicted molar refractivity (Wildman–Crippen MR) is 144 cm³/mol. The van der Waals surface area contributed by atoms with E-state index in [1.807, 2.05) is 30.3 Å². The molecule has 3 aromatic carbocycles. The fourth-order valence-corrected chi connectivity index (χ4v) is 3.71. The van der Waals surface area contributed by atoms with Crippen LogP contribution in [0.15, 0.2) is 66.7 Å². The molecular weight excluding hydrogens is 480 g/mol. The molecule has 0 saturated heterocycles. The van der Waals surface area contributed by atoms with E-state index in [2.05, 4.69) is 34.7 Å². The van der Waals surface area contributed by atoms with E-state index in [9.17, 15) is 9.59 Å². The standard InChI is InChI=1S/C27H31ClN4O4/c1-4-32(5-2)16-15-29-26(33)22-13-11-20(18-25(22)35-3)31-27(34)30-19-12-14-24(23(28)17-19)36-21-9-7-6-8-10-21/h6-14,17-18H,4-5,15-16H2,1-3H3,(H,29,33)(H2,30,31,34). The SMILES string of the molecule is CCN(CC)CCNC(=O)c1ccc(NC(=O)Nc2ccc(Oc3ccccc3)c(Cl)c2)cc1OC. The van der Waals surface area contributed by atoms with Crippen LogP contribution in [0.4, 0.5) is 16.2 Å². The van der Waals surface area contributed by atoms with Crippen molar-refractivity contribution in [2.75, 3.05) is 43.9 Å². The number of methoxy groups -OCH3 is 1. The van der Waals surface area contributed by atoms with Gasteiger partial charge in [-0.05, 0) is 55.6 Å². The van der Waals surface area contributed by atoms with Crippen LogP contribution in [0.3, 0.4) is 0 Å². The Morgan fingerprint density at radius 3 is 2.19 bits per heavy atom. The summed E-state index contributed by atoms with van der Waals surface area (Å²) in [5, 5.41) is 8.73. The lowest BCUT2D eigenvalue weighted by Crippen LogP contribution is -2.34. The van der Waals surface area contributed by atoms with Gasteiger partial charge < -0.3 is 30.3 Å². The van der Waals surface area contributed by atoms with Gasteiger partial charge in [0, 0.05) is 30.5 Å². The second kappa shape index (κ2) is 13.4. The van der Waals surface area contributed by atoms with Gasteiger partial charge in [-0.1, -0.05) is 43.6 Å². The molecule has 3 rings (SSSR count). The maximum absolute atomic E-state index is 12.6. The largest absolute Gasteiger partial charge is 0.496 e. The van der Waals surface area contributed by atoms with Gasteiger partial charge in [-0.25, -0.2) is 4.79 Å². The van der Waals surface area contributed by atoms with Crippen molar-refractivity contribution in [3.63, 3.8) is 0 Å². The van der Waals surface area contributed by atoms with Gasteiger partial charge in [0.2, 0.25) is 0 Å². The average Bonchev–Trinajstić information content (AvgIpc) is 2.88. The smallest absolute Gasteiger partial charge is 0.323 e. The summed E-state index contributed by atoms with van der Waals surface area (Å²) < 4.78 is 11.1. The highest BCUT2D eigenvalue weighted by atomic mass is 35.5. The number of rotatable bonds is 11. The molecule has 3 amide bonds. The molecule has 0 aromatic heterocycles. The Labute approximate surface area is 216 Å². The summed E-state index contributed by atoms with van der Waals surface area (Å²) in [5.41, 5.74) is 1.36. The Balaban J connectivity index is 1.58. The zero-order valence-electron chi connectivity index (χ0n) is 20.6. The summed E-state index contributed by atoms with van der Waals surface area (Å²) in [5.74, 6) is 1.26. The first-order valence-electron chi connectivity index (χ1n) is 11.7. The molecular formula is C27H31ClN4O4. The summed E-state index contributed by atoms with van der Waals surface area (Å²) in [6, 6.07) is 18.6. The normalized spacial score (nSPS) is 10.6. The number of amides is 3. The molecule has 0 atom stereocenters. The van der Waals surface area contributed by atoms with E-state index in [0.717, 1.165) is 19.6 Å². The van der Waals surface area contributed by atoms with Crippen molar-refractivity contribution >= 4 is 34.9 Å². The van der Waals surface area contributed by atoms with Crippen LogP contribution in [0.2, 0.25) is 5.02 Å². The Hall–Kier alpha value is -3.75. The maximum Gasteiger partial charge on any atom is 0.323 e. The number of anilines is 2. The van der Waals surface area contributed by atoms with E-state index < -0.39 is 6.03 Å². The van der Waals surface area contributed by atoms with E-state index in [1.165, 1.54) is 7.11 Å². The van der Waals surface area contributed by atoms with Gasteiger partial charge in [0.05, 0.1) is 17.7 Å². The molecule has 0 heterocycles. The van der Waals surface area contributed by atoms with Crippen molar-refractivity contribution in [2.24, 2.45) is 0 Å². The number of nitrogens with one attached hydrogen (secondary N) is 3. The minimum absolute atomic E-state index is 0.234. The van der Waals surface area contributed by atoms with Gasteiger partial charge in [0.1, 0.15) is 17.2 Å². The van der Waals surface area contributed by atoms with E-state index in [4.69, 9.17) is 21.1 Å². The zero-order valence-corrected chi connectivity index (χ0v) is 21.4. The van der Waals surface area contributed by atoms with Crippen molar-refractivity contribution < 1.29 is 19.1 Å². The third kappa shape index (κ3) is 7.63. The lowest BCUT2D eigenvalue weighted by Gasteiger charge is -2.18. The Kier molecular flexibility index (Phi) is 9.97. The number of para-hydroxylation sites is 1. The molecule has 0 fully saturated rings. The molecule has 0 bridgehead atoms. The summed E-state index contributed by atoms with van der Waals surface area (Å²) in [6.07, 6.45) is 0. The molecule has 0 aliphatic rings. The average molecular weight is 511 g/mol. The van der Waals surface area contributed by atoms with Crippen LogP contribution in [-0.4, -0.2) is 50.1 Å². The Morgan fingerprint density at radius 2 is 1.56 bits per heavy atom. The van der Waals surface area contributed by atoms with Crippen LogP contribution >= 0.6 is 11.6 Å². The fraction of sp³-hybridized carbons (Fsp3) is 0.259. The first-order chi connectivity index (χ1) is 17.4. The summed E-state index contributed by atoms with van der Waals surface area (Å²) in [7, 11) is 1.48. The third-order valence-electron chi connectivity index (χ3n) is 5.47. The van der Waals surface area contributed by atoms with E-state index in [0.29, 0.717) is 45.8 Å². The van der Waals surface area contributed by atoms with Gasteiger partial charge in [0.15, 0.2) is 0 Å². The zero-order chi connectivity index (χ0) is 25.9. The minimum Gasteiger partial charge on any atom is -0.496 e. The van der Waals surface area contributed by atoms with Crippen molar-refractivity contribution in [3.05, 3.63) is 77.3 Å². The molecule has 3 N–H and O–H groups in total. The monoisotopic (exact) mass is 510 g/mol. The van der Waals surface area contributed by atoms with Crippen LogP contribution < -0.4 is 25.4 Å². The molecule has 3 aromatic rings. The second-order valence-electron chi connectivity index (χ2n) is 7.84. The number of halogens is 1. The van der Waals surface area contributed by atoms with Gasteiger partial charge in [0.25, 0.3) is 5.91 Å². The predicted octanol–water partition coefficient (Wildman–Crippen LogP) is 5.86. The van der Waals surface area contributed by atoms with Gasteiger partial charge in [-0.15, -0.1) is 0 Å². The van der Waals surface area contributed by atoms with E-state index in [1.54, 1.807) is 36.4 Å². The van der Waals surface area contributed by atoms with Crippen molar-refractivity contribution in [1.29, 1.82) is 0 Å². The lowest BCUT2D eigenvalue weighted by atomic mass is 10.1. The van der Waals surface area contributed by atoms with E-state index in [-0.39, 0.29) is 5.91 Å². The van der Waals surface area contributed by atoms with Crippen LogP contribution in [0.1, 0.15) is 24.2 Å². The van der Waals surface area contributed by atoms with Crippen LogP contribution in [0.5, 0.6) is 17.2 Å². The quantitative estimate of drug-likeness (QED) is 0.300. The first-order valence-corrected chi connectivity index (χ1v) is 12.1. The number of benzene rings is 3. The molecule has 9 heteroatoms. The Morgan fingerprint density at radius 1 is 0.889 bits per heavy atom. The van der Waals surface area contributed by atoms with Crippen LogP contribution in [0.25, 0.3) is 0 Å². The number of likely N-dealkylation sites (N-methyl/N-ethyl adjacent to an activating group) is 1. The second-order valence-corrected chi connectivity index (χ2v) is 8.24. The van der Waals surface area contributed by atoms with Gasteiger partial charge >= 0.3 is 6.03 Å². The number of hydrogen-bond donors (Lipinski definition) is 3. The number of nitrogens with zero attached hydrogens (tertiary/aromatic N) is 1. The van der Waals surface area contributed by atoms with Gasteiger partial charge in [-0.2, -0.15) is 0 Å². The third-order valence-corrected chi connectivity index (χ3v) is 5.77. The van der Waals surface area contributed by atoms with E-state index >= 15 is 0 Å². The van der Waals surface area contributed by atoms with Crippen molar-refractivity contribution in [1.82, 2.24) is 10.2 Å². The highest BCUT2D eigenvalue weighted by Gasteiger charge is 2.14. The maximum atomic E-state index is 12.6. The minimum atomic E-state index is -0.471. The number of ether oxygens (including phenoxy) is 2. The van der Waals surface area contributed by atoms with Crippen LogP contribution in [-0.2, 0) is 0 Å². The summed E-state index contributed by atoms with van der Waals surface area (Å²) in [6.45, 7) is 7.32. The van der Waals surface area contributed by atoms with Crippen molar-refractivity contribution in [3.8, 4) is 17.2 Å². The molecule has 36 heavy (non-hydrogen) atoms. The molecule has 0 aliphatic heterocycles. The summed E-state index contributed by atoms with van der Waals surface area (Å²) >= 11 is 6.33. The molecule has 190 valence electrons. The lowest BCUT2D eigenvalue weighted by molar-refractivity contribution is 0.0946.